The molecule has 5 N–H and O–H groups in total. The van der Waals surface area contributed by atoms with Crippen LogP contribution in [0.2, 0.25) is 0 Å². The number of aliphatic hydroxyl groups excluding tert-OH is 4. The van der Waals surface area contributed by atoms with Crippen LogP contribution >= 0.6 is 0 Å². The maximum absolute atomic E-state index is 8.75. The summed E-state index contributed by atoms with van der Waals surface area (Å²) in [5.41, 5.74) is 0. The first-order valence-corrected chi connectivity index (χ1v) is 2.87. The summed E-state index contributed by atoms with van der Waals surface area (Å²) < 4.78 is 0. The smallest absolute Gasteiger partial charge is 0.180 e. The zero-order valence-electron chi connectivity index (χ0n) is 5.55. The van der Waals surface area contributed by atoms with Crippen LogP contribution in [-0.4, -0.2) is 50.1 Å². The van der Waals surface area contributed by atoms with Crippen LogP contribution in [0.4, 0.5) is 0 Å². The van der Waals surface area contributed by atoms with Gasteiger partial charge in [0.15, 0.2) is 6.29 Å². The van der Waals surface area contributed by atoms with Crippen LogP contribution in [-0.2, 0) is 0 Å². The predicted octanol–water partition coefficient (Wildman–Crippen LogP) is -2.60. The molecule has 0 aliphatic carbocycles. The molecule has 0 aliphatic heterocycles. The summed E-state index contributed by atoms with van der Waals surface area (Å²) in [6.07, 6.45) is -6.46. The quantitative estimate of drug-likeness (QED) is 0.285. The summed E-state index contributed by atoms with van der Waals surface area (Å²) in [5, 5.41) is 42.6. The molecule has 0 fully saturated rings. The van der Waals surface area contributed by atoms with Crippen molar-refractivity contribution < 1.29 is 25.5 Å². The lowest BCUT2D eigenvalue weighted by Crippen LogP contribution is -2.43. The highest BCUT2D eigenvalue weighted by atomic mass is 16.5. The normalized spacial score (nSPS) is 20.7. The molecule has 0 aromatic heterocycles. The second-order valence-corrected chi connectivity index (χ2v) is 2.14. The monoisotopic (exact) mass is 152 g/mol. The van der Waals surface area contributed by atoms with E-state index in [9.17, 15) is 0 Å². The molecule has 62 valence electrons. The average molecular weight is 152 g/mol. The fourth-order valence-electron chi connectivity index (χ4n) is 0.462. The first-order chi connectivity index (χ1) is 4.46. The van der Waals surface area contributed by atoms with E-state index in [2.05, 4.69) is 0 Å². The second-order valence-electron chi connectivity index (χ2n) is 2.14. The van der Waals surface area contributed by atoms with Crippen LogP contribution in [0.1, 0.15) is 6.92 Å². The van der Waals surface area contributed by atoms with Gasteiger partial charge in [0.1, 0.15) is 12.2 Å². The number of aliphatic hydroxyl groups is 5. The highest BCUT2D eigenvalue weighted by Crippen LogP contribution is 2.01. The predicted molar refractivity (Wildman–Crippen MR) is 31.9 cm³/mol. The highest BCUT2D eigenvalue weighted by molar-refractivity contribution is 4.72. The van der Waals surface area contributed by atoms with Crippen LogP contribution in [0.5, 0.6) is 0 Å². The fourth-order valence-corrected chi connectivity index (χ4v) is 0.462. The van der Waals surface area contributed by atoms with Crippen LogP contribution < -0.4 is 0 Å². The van der Waals surface area contributed by atoms with Crippen molar-refractivity contribution in [2.24, 2.45) is 0 Å². The molecule has 0 aliphatic rings. The van der Waals surface area contributed by atoms with Gasteiger partial charge in [-0.3, -0.25) is 0 Å². The lowest BCUT2D eigenvalue weighted by molar-refractivity contribution is -0.174. The Morgan fingerprint density at radius 3 is 1.30 bits per heavy atom. The van der Waals surface area contributed by atoms with Gasteiger partial charge in [0.2, 0.25) is 0 Å². The van der Waals surface area contributed by atoms with Crippen molar-refractivity contribution in [2.75, 3.05) is 0 Å². The number of rotatable bonds is 3. The summed E-state index contributed by atoms with van der Waals surface area (Å²) in [6.45, 7) is 1.23. The van der Waals surface area contributed by atoms with Crippen molar-refractivity contribution in [3.8, 4) is 0 Å². The molecule has 0 amide bonds. The zero-order valence-corrected chi connectivity index (χ0v) is 5.55. The van der Waals surface area contributed by atoms with Crippen molar-refractivity contribution in [3.05, 3.63) is 0 Å². The first kappa shape index (κ1) is 9.80. The average Bonchev–Trinajstić information content (AvgIpc) is 1.84. The molecule has 0 rings (SSSR count). The third-order valence-corrected chi connectivity index (χ3v) is 1.15. The summed E-state index contributed by atoms with van der Waals surface area (Å²) in [4.78, 5) is 0. The Labute approximate surface area is 58.2 Å². The van der Waals surface area contributed by atoms with Crippen molar-refractivity contribution in [1.29, 1.82) is 0 Å². The van der Waals surface area contributed by atoms with E-state index in [1.54, 1.807) is 0 Å². The van der Waals surface area contributed by atoms with Crippen LogP contribution in [0.3, 0.4) is 0 Å². The molecule has 0 saturated heterocycles. The molecule has 0 aromatic rings. The summed E-state index contributed by atoms with van der Waals surface area (Å²) in [6, 6.07) is 0. The van der Waals surface area contributed by atoms with Gasteiger partial charge < -0.3 is 25.5 Å². The Hall–Kier alpha value is -0.200. The molecular formula is C5H12O5. The van der Waals surface area contributed by atoms with E-state index in [-0.39, 0.29) is 0 Å². The maximum Gasteiger partial charge on any atom is 0.180 e. The molecule has 5 heteroatoms. The lowest BCUT2D eigenvalue weighted by Gasteiger charge is -2.20. The molecule has 10 heavy (non-hydrogen) atoms. The van der Waals surface area contributed by atoms with E-state index >= 15 is 0 Å². The van der Waals surface area contributed by atoms with Gasteiger partial charge in [-0.25, -0.2) is 0 Å². The Morgan fingerprint density at radius 2 is 1.20 bits per heavy atom. The number of hydrogen-bond donors (Lipinski definition) is 5. The molecule has 3 atom stereocenters. The van der Waals surface area contributed by atoms with E-state index in [0.29, 0.717) is 0 Å². The molecule has 0 saturated carbocycles. The first-order valence-electron chi connectivity index (χ1n) is 2.87. The third-order valence-electron chi connectivity index (χ3n) is 1.15. The second kappa shape index (κ2) is 3.85. The Bertz CT molecular complexity index is 80.0. The van der Waals surface area contributed by atoms with Crippen molar-refractivity contribution in [2.45, 2.75) is 31.5 Å². The highest BCUT2D eigenvalue weighted by Gasteiger charge is 2.26. The molecular weight excluding hydrogens is 140 g/mol. The molecule has 0 heterocycles. The summed E-state index contributed by atoms with van der Waals surface area (Å²) in [7, 11) is 0. The standard InChI is InChI=1S/C5H12O5/c1-2(6)3(7)4(8)5(9)10/h2-10H,1H3. The van der Waals surface area contributed by atoms with Crippen LogP contribution in [0.25, 0.3) is 0 Å². The molecule has 0 bridgehead atoms. The fraction of sp³-hybridized carbons (Fsp3) is 1.00. The molecule has 5 nitrogen and oxygen atoms in total. The van der Waals surface area contributed by atoms with Gasteiger partial charge in [0, 0.05) is 0 Å². The molecule has 0 spiro atoms. The third kappa shape index (κ3) is 2.59. The van der Waals surface area contributed by atoms with Gasteiger partial charge >= 0.3 is 0 Å². The van der Waals surface area contributed by atoms with E-state index in [4.69, 9.17) is 25.5 Å². The van der Waals surface area contributed by atoms with Crippen LogP contribution in [0, 0.1) is 0 Å². The van der Waals surface area contributed by atoms with E-state index < -0.39 is 24.6 Å². The number of hydrogen-bond acceptors (Lipinski definition) is 5. The minimum atomic E-state index is -2.02. The zero-order chi connectivity index (χ0) is 8.31. The van der Waals surface area contributed by atoms with Gasteiger partial charge in [0.25, 0.3) is 0 Å². The Kier molecular flexibility index (Phi) is 3.77. The summed E-state index contributed by atoms with van der Waals surface area (Å²) >= 11 is 0. The van der Waals surface area contributed by atoms with E-state index in [1.165, 1.54) is 6.92 Å². The lowest BCUT2D eigenvalue weighted by atomic mass is 10.1. The van der Waals surface area contributed by atoms with E-state index in [1.807, 2.05) is 0 Å². The molecule has 0 aromatic carbocycles. The van der Waals surface area contributed by atoms with Crippen LogP contribution in [0.15, 0.2) is 0 Å². The van der Waals surface area contributed by atoms with Crippen molar-refractivity contribution in [1.82, 2.24) is 0 Å². The van der Waals surface area contributed by atoms with Crippen molar-refractivity contribution >= 4 is 0 Å². The van der Waals surface area contributed by atoms with E-state index in [0.717, 1.165) is 0 Å². The SMILES string of the molecule is CC(O)C(O)C(O)C(O)O. The van der Waals surface area contributed by atoms with Gasteiger partial charge in [-0.15, -0.1) is 0 Å². The molecule has 3 unspecified atom stereocenters. The minimum Gasteiger partial charge on any atom is -0.391 e. The van der Waals surface area contributed by atoms with Gasteiger partial charge in [0.05, 0.1) is 6.10 Å². The van der Waals surface area contributed by atoms with Gasteiger partial charge in [-0.2, -0.15) is 0 Å². The maximum atomic E-state index is 8.75. The van der Waals surface area contributed by atoms with Crippen molar-refractivity contribution in [3.63, 3.8) is 0 Å². The van der Waals surface area contributed by atoms with Gasteiger partial charge in [-0.1, -0.05) is 0 Å². The Balaban J connectivity index is 3.81. The topological polar surface area (TPSA) is 101 Å². The largest absolute Gasteiger partial charge is 0.391 e. The minimum absolute atomic E-state index is 1.18. The Morgan fingerprint density at radius 1 is 0.800 bits per heavy atom. The van der Waals surface area contributed by atoms with Gasteiger partial charge in [-0.05, 0) is 6.92 Å². The summed E-state index contributed by atoms with van der Waals surface area (Å²) in [5.74, 6) is 0. The molecule has 0 radical (unpaired) electrons.